The number of aromatic nitrogens is 1. The normalized spacial score (nSPS) is 17.1. The number of hydrogen-bond acceptors (Lipinski definition) is 4. The standard InChI is InChI=1S/C19H20N2O5/c1-13-4-2-5-14(10-13)11-20-7-3-6-15(17(20)22)18(23)21-8-9-26-12-16(21)19(24)25/h2-7,10,16H,8-9,11-12H2,1H3,(H,24,25)/t16-/m0/s1. The van der Waals surface area contributed by atoms with Gasteiger partial charge in [-0.3, -0.25) is 9.59 Å². The molecule has 1 aliphatic heterocycles. The van der Waals surface area contributed by atoms with Gasteiger partial charge in [0.05, 0.1) is 19.8 Å². The lowest BCUT2D eigenvalue weighted by molar-refractivity contribution is -0.147. The molecule has 7 heteroatoms. The quantitative estimate of drug-likeness (QED) is 0.887. The van der Waals surface area contributed by atoms with Crippen LogP contribution >= 0.6 is 0 Å². The largest absolute Gasteiger partial charge is 0.480 e. The highest BCUT2D eigenvalue weighted by molar-refractivity contribution is 5.96. The van der Waals surface area contributed by atoms with E-state index in [0.717, 1.165) is 11.1 Å². The summed E-state index contributed by atoms with van der Waals surface area (Å²) in [5, 5.41) is 9.29. The Morgan fingerprint density at radius 3 is 2.81 bits per heavy atom. The summed E-state index contributed by atoms with van der Waals surface area (Å²) in [6, 6.07) is 9.75. The van der Waals surface area contributed by atoms with E-state index >= 15 is 0 Å². The van der Waals surface area contributed by atoms with Crippen molar-refractivity contribution in [3.05, 3.63) is 69.6 Å². The molecule has 136 valence electrons. The molecular weight excluding hydrogens is 336 g/mol. The van der Waals surface area contributed by atoms with Gasteiger partial charge in [0.25, 0.3) is 11.5 Å². The van der Waals surface area contributed by atoms with E-state index in [9.17, 15) is 19.5 Å². The molecule has 0 spiro atoms. The Labute approximate surface area is 150 Å². The van der Waals surface area contributed by atoms with Crippen molar-refractivity contribution in [1.82, 2.24) is 9.47 Å². The first-order valence-electron chi connectivity index (χ1n) is 8.34. The van der Waals surface area contributed by atoms with Gasteiger partial charge in [0.1, 0.15) is 5.56 Å². The minimum Gasteiger partial charge on any atom is -0.480 e. The number of nitrogens with zero attached hydrogens (tertiary/aromatic N) is 2. The van der Waals surface area contributed by atoms with Gasteiger partial charge in [-0.1, -0.05) is 29.8 Å². The Bertz CT molecular complexity index is 889. The molecule has 1 aromatic carbocycles. The van der Waals surface area contributed by atoms with E-state index in [1.54, 1.807) is 12.3 Å². The third kappa shape index (κ3) is 3.67. The van der Waals surface area contributed by atoms with Gasteiger partial charge in [0.15, 0.2) is 6.04 Å². The Hall–Kier alpha value is -2.93. The molecule has 0 bridgehead atoms. The van der Waals surface area contributed by atoms with Crippen molar-refractivity contribution in [3.8, 4) is 0 Å². The number of carbonyl (C=O) groups is 2. The lowest BCUT2D eigenvalue weighted by atomic mass is 10.1. The number of aryl methyl sites for hydroxylation is 1. The number of amides is 1. The summed E-state index contributed by atoms with van der Waals surface area (Å²) < 4.78 is 6.60. The molecule has 0 unspecified atom stereocenters. The zero-order valence-corrected chi connectivity index (χ0v) is 14.4. The maximum absolute atomic E-state index is 12.8. The van der Waals surface area contributed by atoms with Crippen molar-refractivity contribution in [2.75, 3.05) is 19.8 Å². The van der Waals surface area contributed by atoms with Crippen molar-refractivity contribution >= 4 is 11.9 Å². The van der Waals surface area contributed by atoms with Crippen LogP contribution < -0.4 is 5.56 Å². The van der Waals surface area contributed by atoms with E-state index in [1.807, 2.05) is 31.2 Å². The number of carboxylic acids is 1. The molecule has 7 nitrogen and oxygen atoms in total. The number of carboxylic acid groups (broad SMARTS) is 1. The Kier molecular flexibility index (Phi) is 5.18. The lowest BCUT2D eigenvalue weighted by Crippen LogP contribution is -2.53. The molecule has 1 aromatic heterocycles. The van der Waals surface area contributed by atoms with Crippen LogP contribution in [-0.4, -0.2) is 52.3 Å². The van der Waals surface area contributed by atoms with E-state index in [1.165, 1.54) is 15.5 Å². The van der Waals surface area contributed by atoms with Crippen molar-refractivity contribution in [2.45, 2.75) is 19.5 Å². The van der Waals surface area contributed by atoms with Crippen molar-refractivity contribution in [3.63, 3.8) is 0 Å². The SMILES string of the molecule is Cc1cccc(Cn2cccc(C(=O)N3CCOC[C@H]3C(=O)O)c2=O)c1. The van der Waals surface area contributed by atoms with Crippen LogP contribution in [0.15, 0.2) is 47.4 Å². The first-order valence-corrected chi connectivity index (χ1v) is 8.34. The molecule has 0 saturated carbocycles. The molecule has 1 amide bonds. The van der Waals surface area contributed by atoms with Crippen molar-refractivity contribution < 1.29 is 19.4 Å². The molecule has 2 aromatic rings. The number of pyridine rings is 1. The smallest absolute Gasteiger partial charge is 0.328 e. The van der Waals surface area contributed by atoms with Crippen LogP contribution in [-0.2, 0) is 16.1 Å². The van der Waals surface area contributed by atoms with Crippen LogP contribution in [0, 0.1) is 6.92 Å². The van der Waals surface area contributed by atoms with Gasteiger partial charge < -0.3 is 19.3 Å². The topological polar surface area (TPSA) is 88.8 Å². The van der Waals surface area contributed by atoms with Gasteiger partial charge in [0, 0.05) is 12.7 Å². The second-order valence-corrected chi connectivity index (χ2v) is 6.27. The fourth-order valence-corrected chi connectivity index (χ4v) is 3.04. The third-order valence-corrected chi connectivity index (χ3v) is 4.36. The van der Waals surface area contributed by atoms with Gasteiger partial charge in [-0.15, -0.1) is 0 Å². The molecule has 1 fully saturated rings. The number of aliphatic carboxylic acids is 1. The van der Waals surface area contributed by atoms with Gasteiger partial charge in [-0.2, -0.15) is 0 Å². The van der Waals surface area contributed by atoms with Gasteiger partial charge in [-0.25, -0.2) is 4.79 Å². The summed E-state index contributed by atoms with van der Waals surface area (Å²) in [5.74, 6) is -1.72. The minimum atomic E-state index is -1.14. The van der Waals surface area contributed by atoms with Crippen LogP contribution in [0.5, 0.6) is 0 Å². The van der Waals surface area contributed by atoms with Gasteiger partial charge in [0.2, 0.25) is 0 Å². The molecule has 2 heterocycles. The predicted octanol–water partition coefficient (Wildman–Crippen LogP) is 1.13. The summed E-state index contributed by atoms with van der Waals surface area (Å²) in [7, 11) is 0. The van der Waals surface area contributed by atoms with E-state index in [-0.39, 0.29) is 25.3 Å². The summed E-state index contributed by atoms with van der Waals surface area (Å²) in [6.07, 6.45) is 1.62. The number of carbonyl (C=O) groups excluding carboxylic acids is 1. The molecule has 1 atom stereocenters. The van der Waals surface area contributed by atoms with Crippen LogP contribution in [0.25, 0.3) is 0 Å². The fourth-order valence-electron chi connectivity index (χ4n) is 3.04. The second kappa shape index (κ2) is 7.53. The predicted molar refractivity (Wildman–Crippen MR) is 94.3 cm³/mol. The zero-order chi connectivity index (χ0) is 18.7. The number of hydrogen-bond donors (Lipinski definition) is 1. The van der Waals surface area contributed by atoms with Crippen molar-refractivity contribution in [2.24, 2.45) is 0 Å². The van der Waals surface area contributed by atoms with E-state index in [0.29, 0.717) is 6.54 Å². The monoisotopic (exact) mass is 356 g/mol. The van der Waals surface area contributed by atoms with Gasteiger partial charge >= 0.3 is 5.97 Å². The number of benzene rings is 1. The van der Waals surface area contributed by atoms with E-state index in [4.69, 9.17) is 4.74 Å². The number of morpholine rings is 1. The second-order valence-electron chi connectivity index (χ2n) is 6.27. The Balaban J connectivity index is 1.90. The molecular formula is C19H20N2O5. The Morgan fingerprint density at radius 1 is 1.27 bits per heavy atom. The molecule has 1 aliphatic rings. The molecule has 0 radical (unpaired) electrons. The lowest BCUT2D eigenvalue weighted by Gasteiger charge is -2.32. The van der Waals surface area contributed by atoms with Crippen LogP contribution in [0.4, 0.5) is 0 Å². The fraction of sp³-hybridized carbons (Fsp3) is 0.316. The summed E-state index contributed by atoms with van der Waals surface area (Å²) in [4.78, 5) is 38.1. The van der Waals surface area contributed by atoms with Crippen molar-refractivity contribution in [1.29, 1.82) is 0 Å². The molecule has 1 saturated heterocycles. The van der Waals surface area contributed by atoms with E-state index in [2.05, 4.69) is 0 Å². The molecule has 1 N–H and O–H groups in total. The maximum Gasteiger partial charge on any atom is 0.328 e. The van der Waals surface area contributed by atoms with E-state index < -0.39 is 23.5 Å². The van der Waals surface area contributed by atoms with Gasteiger partial charge in [-0.05, 0) is 24.6 Å². The third-order valence-electron chi connectivity index (χ3n) is 4.36. The summed E-state index contributed by atoms with van der Waals surface area (Å²) in [6.45, 7) is 2.62. The summed E-state index contributed by atoms with van der Waals surface area (Å²) in [5.41, 5.74) is 1.56. The zero-order valence-electron chi connectivity index (χ0n) is 14.4. The average molecular weight is 356 g/mol. The van der Waals surface area contributed by atoms with Crippen LogP contribution in [0.1, 0.15) is 21.5 Å². The summed E-state index contributed by atoms with van der Waals surface area (Å²) >= 11 is 0. The number of ether oxygens (including phenoxy) is 1. The number of rotatable bonds is 4. The van der Waals surface area contributed by atoms with Crippen LogP contribution in [0.2, 0.25) is 0 Å². The maximum atomic E-state index is 12.8. The molecule has 0 aliphatic carbocycles. The first-order chi connectivity index (χ1) is 12.5. The molecule has 26 heavy (non-hydrogen) atoms. The highest BCUT2D eigenvalue weighted by atomic mass is 16.5. The molecule has 3 rings (SSSR count). The highest BCUT2D eigenvalue weighted by Crippen LogP contribution is 2.12. The Morgan fingerprint density at radius 2 is 2.08 bits per heavy atom. The highest BCUT2D eigenvalue weighted by Gasteiger charge is 2.34. The minimum absolute atomic E-state index is 0.0340. The first kappa shape index (κ1) is 17.9. The van der Waals surface area contributed by atoms with Crippen LogP contribution in [0.3, 0.4) is 0 Å². The average Bonchev–Trinajstić information content (AvgIpc) is 2.63.